The van der Waals surface area contributed by atoms with Gasteiger partial charge < -0.3 is 89.9 Å². The number of aliphatic hydroxyl groups is 11. The van der Waals surface area contributed by atoms with E-state index in [9.17, 15) is 61.0 Å². The second-order valence-electron chi connectivity index (χ2n) is 21.4. The van der Waals surface area contributed by atoms with E-state index in [4.69, 9.17) is 28.4 Å². The second kappa shape index (κ2) is 43.2. The van der Waals surface area contributed by atoms with Gasteiger partial charge in [-0.3, -0.25) is 4.79 Å². The monoisotopic (exact) mass is 1130 g/mol. The van der Waals surface area contributed by atoms with E-state index in [1.165, 1.54) is 64.2 Å². The Balaban J connectivity index is 1.51. The summed E-state index contributed by atoms with van der Waals surface area (Å²) < 4.78 is 34.2. The molecule has 0 saturated carbocycles. The number of amides is 1. The van der Waals surface area contributed by atoms with Gasteiger partial charge in [-0.2, -0.15) is 0 Å². The largest absolute Gasteiger partial charge is 0.394 e. The predicted molar refractivity (Wildman–Crippen MR) is 300 cm³/mol. The number of ether oxygens (including phenoxy) is 6. The van der Waals surface area contributed by atoms with Gasteiger partial charge in [0.05, 0.1) is 38.6 Å². The van der Waals surface area contributed by atoms with Crippen molar-refractivity contribution in [2.75, 3.05) is 26.4 Å². The Morgan fingerprint density at radius 3 is 1.37 bits per heavy atom. The quantitative estimate of drug-likeness (QED) is 0.0274. The molecule has 0 aromatic carbocycles. The summed E-state index contributed by atoms with van der Waals surface area (Å²) in [7, 11) is 0. The number of carbonyl (C=O) groups is 1. The van der Waals surface area contributed by atoms with Crippen molar-refractivity contribution in [3.05, 3.63) is 60.8 Å². The first-order valence-corrected chi connectivity index (χ1v) is 30.0. The van der Waals surface area contributed by atoms with Crippen molar-refractivity contribution >= 4 is 5.91 Å². The Hall–Kier alpha value is -2.51. The third-order valence-corrected chi connectivity index (χ3v) is 14.8. The number of unbranched alkanes of at least 4 members (excludes halogenated alkanes) is 19. The van der Waals surface area contributed by atoms with Crippen LogP contribution in [0.1, 0.15) is 181 Å². The average Bonchev–Trinajstić information content (AvgIpc) is 3.47. The molecule has 458 valence electrons. The van der Waals surface area contributed by atoms with Gasteiger partial charge in [-0.25, -0.2) is 0 Å². The van der Waals surface area contributed by atoms with Crippen molar-refractivity contribution in [2.45, 2.75) is 285 Å². The fourth-order valence-electron chi connectivity index (χ4n) is 9.89. The van der Waals surface area contributed by atoms with Gasteiger partial charge in [0, 0.05) is 6.42 Å². The van der Waals surface area contributed by atoms with Crippen molar-refractivity contribution in [2.24, 2.45) is 0 Å². The lowest BCUT2D eigenvalue weighted by molar-refractivity contribution is -0.379. The smallest absolute Gasteiger partial charge is 0.220 e. The molecule has 0 bridgehead atoms. The van der Waals surface area contributed by atoms with Gasteiger partial charge in [-0.15, -0.1) is 0 Å². The van der Waals surface area contributed by atoms with Crippen LogP contribution >= 0.6 is 0 Å². The van der Waals surface area contributed by atoms with Crippen LogP contribution in [0.4, 0.5) is 0 Å². The van der Waals surface area contributed by atoms with Crippen LogP contribution in [0.3, 0.4) is 0 Å². The number of carbonyl (C=O) groups excluding carboxylic acids is 1. The van der Waals surface area contributed by atoms with Crippen molar-refractivity contribution < 1.29 is 89.4 Å². The minimum absolute atomic E-state index is 0.224. The Morgan fingerprint density at radius 1 is 0.468 bits per heavy atom. The summed E-state index contributed by atoms with van der Waals surface area (Å²) in [5.41, 5.74) is 0. The van der Waals surface area contributed by atoms with E-state index in [1.807, 2.05) is 6.08 Å². The van der Waals surface area contributed by atoms with Crippen LogP contribution in [0.2, 0.25) is 0 Å². The highest BCUT2D eigenvalue weighted by atomic mass is 16.8. The zero-order valence-electron chi connectivity index (χ0n) is 47.6. The van der Waals surface area contributed by atoms with Crippen molar-refractivity contribution in [3.63, 3.8) is 0 Å². The SMILES string of the molecule is CC/C=C\C/C=C\C/C=C\C/C=C\CCCCCCCCC(=O)NC(COC1OC(CO)C(OC2OC(CO)C(OC3OC(CO)C(O)C(O)C3O)C(O)C2O)C(O)C1O)C(O)/C=C/CCCCCCCCCCCCCCC. The van der Waals surface area contributed by atoms with E-state index >= 15 is 0 Å². The highest BCUT2D eigenvalue weighted by Crippen LogP contribution is 2.33. The lowest BCUT2D eigenvalue weighted by Gasteiger charge is -2.48. The van der Waals surface area contributed by atoms with Crippen LogP contribution in [0.5, 0.6) is 0 Å². The molecule has 0 spiro atoms. The van der Waals surface area contributed by atoms with Gasteiger partial charge in [0.25, 0.3) is 0 Å². The predicted octanol–water partition coefficient (Wildman–Crippen LogP) is 5.26. The van der Waals surface area contributed by atoms with Gasteiger partial charge in [0.2, 0.25) is 5.91 Å². The standard InChI is InChI=1S/C60H105NO18/c1-3-5-7-9-11-13-15-17-19-20-21-22-24-26-28-30-32-34-36-38-48(66)61-43(44(65)37-35-33-31-29-27-25-23-18-16-14-12-10-8-6-4-2)42-74-58-54(72)51(69)56(46(40-63)76-58)79-60-55(73)52(70)57(47(41-64)77-60)78-59-53(71)50(68)49(67)45(39-62)75-59/h5,7,11,13,17,19,21-22,35,37,43-47,49-60,62-65,67-73H,3-4,6,8-10,12,14-16,18,20,23-34,36,38-42H2,1-2H3,(H,61,66)/b7-5-,13-11-,19-17-,22-21-,37-35+. The van der Waals surface area contributed by atoms with E-state index in [0.29, 0.717) is 6.42 Å². The molecule has 3 aliphatic heterocycles. The molecule has 0 aromatic heterocycles. The topological polar surface area (TPSA) is 307 Å². The first-order chi connectivity index (χ1) is 38.3. The molecule has 3 rings (SSSR count). The maximum absolute atomic E-state index is 13.3. The zero-order valence-corrected chi connectivity index (χ0v) is 47.6. The molecule has 79 heavy (non-hydrogen) atoms. The normalized spacial score (nSPS) is 30.7. The molecular formula is C60H105NO18. The van der Waals surface area contributed by atoms with Crippen LogP contribution < -0.4 is 5.32 Å². The Kier molecular flexibility index (Phi) is 38.7. The van der Waals surface area contributed by atoms with Gasteiger partial charge in [-0.05, 0) is 57.8 Å². The molecule has 0 aliphatic carbocycles. The Morgan fingerprint density at radius 2 is 0.873 bits per heavy atom. The molecule has 1 amide bonds. The molecule has 12 N–H and O–H groups in total. The number of hydrogen-bond acceptors (Lipinski definition) is 18. The summed E-state index contributed by atoms with van der Waals surface area (Å²) in [6.45, 7) is 1.58. The molecule has 17 atom stereocenters. The minimum Gasteiger partial charge on any atom is -0.394 e. The zero-order chi connectivity index (χ0) is 57.6. The summed E-state index contributed by atoms with van der Waals surface area (Å²) in [6.07, 6.45) is 21.9. The van der Waals surface area contributed by atoms with E-state index < -0.39 is 124 Å². The average molecular weight is 1130 g/mol. The van der Waals surface area contributed by atoms with E-state index in [-0.39, 0.29) is 18.9 Å². The van der Waals surface area contributed by atoms with Crippen LogP contribution in [0.15, 0.2) is 60.8 Å². The van der Waals surface area contributed by atoms with Crippen LogP contribution in [0, 0.1) is 0 Å². The molecule has 19 heteroatoms. The molecule has 3 saturated heterocycles. The molecule has 0 aromatic rings. The third kappa shape index (κ3) is 27.2. The van der Waals surface area contributed by atoms with Crippen LogP contribution in [-0.2, 0) is 33.2 Å². The van der Waals surface area contributed by atoms with Gasteiger partial charge in [0.1, 0.15) is 73.2 Å². The summed E-state index contributed by atoms with van der Waals surface area (Å²) >= 11 is 0. The number of allylic oxidation sites excluding steroid dienone is 9. The maximum atomic E-state index is 13.3. The number of hydrogen-bond donors (Lipinski definition) is 12. The van der Waals surface area contributed by atoms with E-state index in [1.54, 1.807) is 6.08 Å². The van der Waals surface area contributed by atoms with Gasteiger partial charge >= 0.3 is 0 Å². The van der Waals surface area contributed by atoms with Crippen molar-refractivity contribution in [1.82, 2.24) is 5.32 Å². The molecule has 0 radical (unpaired) electrons. The molecule has 19 nitrogen and oxygen atoms in total. The van der Waals surface area contributed by atoms with Crippen LogP contribution in [0.25, 0.3) is 0 Å². The van der Waals surface area contributed by atoms with Crippen molar-refractivity contribution in [1.29, 1.82) is 0 Å². The summed E-state index contributed by atoms with van der Waals surface area (Å²) in [4.78, 5) is 13.3. The molecule has 3 aliphatic rings. The fraction of sp³-hybridized carbons (Fsp3) is 0.817. The minimum atomic E-state index is -1.98. The highest BCUT2D eigenvalue weighted by Gasteiger charge is 2.53. The first kappa shape index (κ1) is 70.8. The lowest BCUT2D eigenvalue weighted by atomic mass is 9.96. The lowest BCUT2D eigenvalue weighted by Crippen LogP contribution is -2.66. The second-order valence-corrected chi connectivity index (χ2v) is 21.4. The van der Waals surface area contributed by atoms with Crippen molar-refractivity contribution in [3.8, 4) is 0 Å². The fourth-order valence-corrected chi connectivity index (χ4v) is 9.89. The number of rotatable bonds is 43. The highest BCUT2D eigenvalue weighted by molar-refractivity contribution is 5.76. The maximum Gasteiger partial charge on any atom is 0.220 e. The van der Waals surface area contributed by atoms with Gasteiger partial charge in [-0.1, -0.05) is 177 Å². The molecule has 17 unspecified atom stereocenters. The summed E-state index contributed by atoms with van der Waals surface area (Å²) in [5, 5.41) is 120. The first-order valence-electron chi connectivity index (χ1n) is 30.0. The molecular weight excluding hydrogens is 1020 g/mol. The van der Waals surface area contributed by atoms with Crippen LogP contribution in [-0.4, -0.2) is 193 Å². The van der Waals surface area contributed by atoms with E-state index in [2.05, 4.69) is 67.8 Å². The van der Waals surface area contributed by atoms with E-state index in [0.717, 1.165) is 89.9 Å². The Bertz CT molecular complexity index is 1680. The number of aliphatic hydroxyl groups excluding tert-OH is 11. The number of nitrogens with one attached hydrogen (secondary N) is 1. The summed E-state index contributed by atoms with van der Waals surface area (Å²) in [5.74, 6) is -0.293. The Labute approximate surface area is 471 Å². The summed E-state index contributed by atoms with van der Waals surface area (Å²) in [6, 6.07) is -0.982. The molecule has 3 fully saturated rings. The van der Waals surface area contributed by atoms with Gasteiger partial charge in [0.15, 0.2) is 18.9 Å². The molecule has 3 heterocycles. The third-order valence-electron chi connectivity index (χ3n) is 14.8.